The molecule has 1 aromatic carbocycles. The van der Waals surface area contributed by atoms with Gasteiger partial charge in [0, 0.05) is 18.8 Å². The molecule has 1 unspecified atom stereocenters. The fourth-order valence-electron chi connectivity index (χ4n) is 3.15. The fourth-order valence-corrected chi connectivity index (χ4v) is 3.15. The smallest absolute Gasteiger partial charge is 0.246 e. The molecule has 1 aromatic rings. The second-order valence-electron chi connectivity index (χ2n) is 5.89. The van der Waals surface area contributed by atoms with Crippen molar-refractivity contribution in [1.29, 1.82) is 0 Å². The Balaban J connectivity index is 1.53. The molecular weight excluding hydrogens is 280 g/mol. The first-order valence-electron chi connectivity index (χ1n) is 8.00. The molecule has 1 atom stereocenters. The van der Waals surface area contributed by atoms with Gasteiger partial charge in [0.1, 0.15) is 0 Å². The van der Waals surface area contributed by atoms with E-state index < -0.39 is 0 Å². The number of carbonyl (C=O) groups excluding carboxylic acids is 2. The van der Waals surface area contributed by atoms with Gasteiger partial charge in [-0.3, -0.25) is 9.59 Å². The molecular formula is C17H22N2O3. The topological polar surface area (TPSA) is 58.6 Å². The van der Waals surface area contributed by atoms with Crippen LogP contribution in [0.5, 0.6) is 0 Å². The Morgan fingerprint density at radius 1 is 1.27 bits per heavy atom. The molecule has 0 aromatic heterocycles. The number of fused-ring (bicyclic) bond motifs is 1. The maximum Gasteiger partial charge on any atom is 0.246 e. The molecule has 1 fully saturated rings. The third kappa shape index (κ3) is 3.47. The number of nitrogens with one attached hydrogen (secondary N) is 1. The quantitative estimate of drug-likeness (QED) is 0.920. The van der Waals surface area contributed by atoms with Gasteiger partial charge in [0.15, 0.2) is 0 Å². The highest BCUT2D eigenvalue weighted by Crippen LogP contribution is 2.26. The van der Waals surface area contributed by atoms with Gasteiger partial charge in [0.25, 0.3) is 0 Å². The Bertz CT molecular complexity index is 553. The van der Waals surface area contributed by atoms with Crippen LogP contribution in [0.15, 0.2) is 24.3 Å². The first kappa shape index (κ1) is 15.0. The molecule has 0 saturated carbocycles. The summed E-state index contributed by atoms with van der Waals surface area (Å²) in [6, 6.07) is 7.97. The highest BCUT2D eigenvalue weighted by atomic mass is 16.5. The van der Waals surface area contributed by atoms with Crippen molar-refractivity contribution in [2.24, 2.45) is 0 Å². The first-order valence-corrected chi connectivity index (χ1v) is 8.00. The molecule has 1 saturated heterocycles. The Labute approximate surface area is 130 Å². The molecule has 3 rings (SSSR count). The monoisotopic (exact) mass is 302 g/mol. The Hall–Kier alpha value is -1.88. The molecule has 5 heteroatoms. The molecule has 1 N–H and O–H groups in total. The van der Waals surface area contributed by atoms with Crippen molar-refractivity contribution >= 4 is 17.5 Å². The van der Waals surface area contributed by atoms with Crippen molar-refractivity contribution in [2.45, 2.75) is 38.2 Å². The molecule has 0 spiro atoms. The number of hydrogen-bond donors (Lipinski definition) is 1. The van der Waals surface area contributed by atoms with E-state index >= 15 is 0 Å². The minimum absolute atomic E-state index is 0.0193. The van der Waals surface area contributed by atoms with E-state index in [9.17, 15) is 9.59 Å². The van der Waals surface area contributed by atoms with Gasteiger partial charge in [0.05, 0.1) is 19.1 Å². The van der Waals surface area contributed by atoms with Crippen molar-refractivity contribution in [3.63, 3.8) is 0 Å². The minimum atomic E-state index is -0.106. The SMILES string of the molecule is O=C(CC1CCCO1)NCC(=O)N1CCCc2ccccc21. The minimum Gasteiger partial charge on any atom is -0.378 e. The number of carbonyl (C=O) groups is 2. The zero-order valence-electron chi connectivity index (χ0n) is 12.7. The van der Waals surface area contributed by atoms with Gasteiger partial charge >= 0.3 is 0 Å². The summed E-state index contributed by atoms with van der Waals surface area (Å²) in [6.45, 7) is 1.51. The van der Waals surface area contributed by atoms with Crippen molar-refractivity contribution in [3.05, 3.63) is 29.8 Å². The summed E-state index contributed by atoms with van der Waals surface area (Å²) in [5.74, 6) is -0.154. The molecule has 0 bridgehead atoms. The van der Waals surface area contributed by atoms with Gasteiger partial charge in [0.2, 0.25) is 11.8 Å². The molecule has 2 aliphatic heterocycles. The zero-order valence-corrected chi connectivity index (χ0v) is 12.7. The zero-order chi connectivity index (χ0) is 15.4. The van der Waals surface area contributed by atoms with Crippen LogP contribution in [0.25, 0.3) is 0 Å². The molecule has 0 aliphatic carbocycles. The van der Waals surface area contributed by atoms with E-state index in [1.54, 1.807) is 4.90 Å². The van der Waals surface area contributed by atoms with E-state index in [4.69, 9.17) is 4.74 Å². The number of aryl methyl sites for hydroxylation is 1. The van der Waals surface area contributed by atoms with Crippen molar-refractivity contribution in [3.8, 4) is 0 Å². The largest absolute Gasteiger partial charge is 0.378 e. The predicted octanol–water partition coefficient (Wildman–Crippen LogP) is 1.65. The third-order valence-corrected chi connectivity index (χ3v) is 4.29. The molecule has 5 nitrogen and oxygen atoms in total. The van der Waals surface area contributed by atoms with Crippen LogP contribution in [0, 0.1) is 0 Å². The van der Waals surface area contributed by atoms with Crippen molar-refractivity contribution in [2.75, 3.05) is 24.6 Å². The second-order valence-corrected chi connectivity index (χ2v) is 5.89. The molecule has 2 amide bonds. The fraction of sp³-hybridized carbons (Fsp3) is 0.529. The number of hydrogen-bond acceptors (Lipinski definition) is 3. The average molecular weight is 302 g/mol. The van der Waals surface area contributed by atoms with Crippen LogP contribution in [0.4, 0.5) is 5.69 Å². The maximum atomic E-state index is 12.4. The van der Waals surface area contributed by atoms with E-state index in [0.717, 1.165) is 44.5 Å². The lowest BCUT2D eigenvalue weighted by molar-refractivity contribution is -0.126. The summed E-state index contributed by atoms with van der Waals surface area (Å²) in [5, 5.41) is 2.73. The van der Waals surface area contributed by atoms with Crippen LogP contribution in [0.3, 0.4) is 0 Å². The van der Waals surface area contributed by atoms with E-state index in [-0.39, 0.29) is 24.5 Å². The van der Waals surface area contributed by atoms with Gasteiger partial charge in [-0.2, -0.15) is 0 Å². The van der Waals surface area contributed by atoms with E-state index in [1.165, 1.54) is 5.56 Å². The van der Waals surface area contributed by atoms with Crippen molar-refractivity contribution in [1.82, 2.24) is 5.32 Å². The highest BCUT2D eigenvalue weighted by molar-refractivity contribution is 5.97. The van der Waals surface area contributed by atoms with Gasteiger partial charge in [-0.05, 0) is 37.3 Å². The molecule has 118 valence electrons. The van der Waals surface area contributed by atoms with E-state index in [2.05, 4.69) is 11.4 Å². The summed E-state index contributed by atoms with van der Waals surface area (Å²) in [5.41, 5.74) is 2.18. The second kappa shape index (κ2) is 6.92. The number of para-hydroxylation sites is 1. The third-order valence-electron chi connectivity index (χ3n) is 4.29. The van der Waals surface area contributed by atoms with Gasteiger partial charge in [-0.1, -0.05) is 18.2 Å². The van der Waals surface area contributed by atoms with Gasteiger partial charge in [-0.15, -0.1) is 0 Å². The Morgan fingerprint density at radius 2 is 2.14 bits per heavy atom. The predicted molar refractivity (Wildman–Crippen MR) is 83.7 cm³/mol. The maximum absolute atomic E-state index is 12.4. The van der Waals surface area contributed by atoms with Gasteiger partial charge in [-0.25, -0.2) is 0 Å². The molecule has 2 aliphatic rings. The number of nitrogens with zero attached hydrogens (tertiary/aromatic N) is 1. The summed E-state index contributed by atoms with van der Waals surface area (Å²) in [4.78, 5) is 26.0. The molecule has 2 heterocycles. The molecule has 0 radical (unpaired) electrons. The normalized spacial score (nSPS) is 20.5. The highest BCUT2D eigenvalue weighted by Gasteiger charge is 2.23. The Kier molecular flexibility index (Phi) is 4.73. The number of benzene rings is 1. The number of amides is 2. The lowest BCUT2D eigenvalue weighted by Gasteiger charge is -2.29. The van der Waals surface area contributed by atoms with Crippen LogP contribution < -0.4 is 10.2 Å². The summed E-state index contributed by atoms with van der Waals surface area (Å²) in [6.07, 6.45) is 4.29. The lowest BCUT2D eigenvalue weighted by Crippen LogP contribution is -2.43. The van der Waals surface area contributed by atoms with Gasteiger partial charge < -0.3 is 15.0 Å². The van der Waals surface area contributed by atoms with Crippen LogP contribution in [0.1, 0.15) is 31.2 Å². The average Bonchev–Trinajstić information content (AvgIpc) is 3.05. The number of ether oxygens (including phenoxy) is 1. The van der Waals surface area contributed by atoms with Crippen LogP contribution in [-0.4, -0.2) is 37.6 Å². The summed E-state index contributed by atoms with van der Waals surface area (Å²) in [7, 11) is 0. The number of anilines is 1. The standard InChI is InChI=1S/C17H22N2O3/c20-16(11-14-7-4-10-22-14)18-12-17(21)19-9-3-6-13-5-1-2-8-15(13)19/h1-2,5,8,14H,3-4,6-7,9-12H2,(H,18,20). The lowest BCUT2D eigenvalue weighted by atomic mass is 10.0. The van der Waals surface area contributed by atoms with E-state index in [1.807, 2.05) is 18.2 Å². The van der Waals surface area contributed by atoms with Crippen molar-refractivity contribution < 1.29 is 14.3 Å². The summed E-state index contributed by atoms with van der Waals surface area (Å²) < 4.78 is 5.44. The molecule has 22 heavy (non-hydrogen) atoms. The van der Waals surface area contributed by atoms with E-state index in [0.29, 0.717) is 6.42 Å². The van der Waals surface area contributed by atoms with Crippen LogP contribution >= 0.6 is 0 Å². The first-order chi connectivity index (χ1) is 10.7. The summed E-state index contributed by atoms with van der Waals surface area (Å²) >= 11 is 0. The van der Waals surface area contributed by atoms with Crippen LogP contribution in [-0.2, 0) is 20.7 Å². The number of rotatable bonds is 4. The Morgan fingerprint density at radius 3 is 2.95 bits per heavy atom. The van der Waals surface area contributed by atoms with Crippen LogP contribution in [0.2, 0.25) is 0 Å².